The zero-order chi connectivity index (χ0) is 14.5. The first-order valence-corrected chi connectivity index (χ1v) is 6.40. The number of nitrogens with zero attached hydrogens (tertiary/aromatic N) is 3. The minimum Gasteiger partial charge on any atom is -0.497 e. The molecule has 0 spiro atoms. The Morgan fingerprint density at radius 1 is 1.00 bits per heavy atom. The van der Waals surface area contributed by atoms with Gasteiger partial charge in [-0.3, -0.25) is 0 Å². The van der Waals surface area contributed by atoms with Crippen LogP contribution in [0.4, 0.5) is 5.95 Å². The second-order valence-electron chi connectivity index (χ2n) is 4.28. The van der Waals surface area contributed by atoms with Crippen LogP contribution in [0.15, 0.2) is 18.2 Å². The molecule has 0 bridgehead atoms. The lowest BCUT2D eigenvalue weighted by atomic mass is 10.2. The molecule has 1 aromatic heterocycles. The lowest BCUT2D eigenvalue weighted by Gasteiger charge is -2.08. The summed E-state index contributed by atoms with van der Waals surface area (Å²) in [7, 11) is 3.20. The van der Waals surface area contributed by atoms with E-state index in [0.29, 0.717) is 23.1 Å². The topological polar surface area (TPSA) is 83.2 Å². The number of rotatable bonds is 5. The molecule has 0 radical (unpaired) electrons. The van der Waals surface area contributed by atoms with E-state index >= 15 is 0 Å². The minimum atomic E-state index is 0.222. The monoisotopic (exact) mass is 274 g/mol. The van der Waals surface area contributed by atoms with Gasteiger partial charge in [0.25, 0.3) is 0 Å². The SMILES string of the molecule is CCCc1nc(N)nc(-c2cc(OC)cc(OC)c2)n1. The molecule has 6 heteroatoms. The maximum atomic E-state index is 5.74. The third-order valence-corrected chi connectivity index (χ3v) is 2.78. The van der Waals surface area contributed by atoms with E-state index in [9.17, 15) is 0 Å². The summed E-state index contributed by atoms with van der Waals surface area (Å²) in [5.74, 6) is 2.79. The number of anilines is 1. The van der Waals surface area contributed by atoms with E-state index in [0.717, 1.165) is 18.4 Å². The standard InChI is InChI=1S/C14H18N4O2/c1-4-5-12-16-13(18-14(15)17-12)9-6-10(19-2)8-11(7-9)20-3/h6-8H,4-5H2,1-3H3,(H2,15,16,17,18). The Hall–Kier alpha value is -2.37. The van der Waals surface area contributed by atoms with Crippen LogP contribution in [-0.4, -0.2) is 29.2 Å². The predicted octanol–water partition coefficient (Wildman–Crippen LogP) is 2.09. The molecule has 0 fully saturated rings. The number of nitrogens with two attached hydrogens (primary N) is 1. The summed E-state index contributed by atoms with van der Waals surface area (Å²) in [6.45, 7) is 2.06. The molecule has 0 aliphatic rings. The van der Waals surface area contributed by atoms with Crippen molar-refractivity contribution in [2.24, 2.45) is 0 Å². The Morgan fingerprint density at radius 3 is 2.20 bits per heavy atom. The molecule has 0 unspecified atom stereocenters. The van der Waals surface area contributed by atoms with Crippen LogP contribution in [0.3, 0.4) is 0 Å². The second kappa shape index (κ2) is 6.18. The van der Waals surface area contributed by atoms with Crippen molar-refractivity contribution in [3.63, 3.8) is 0 Å². The highest BCUT2D eigenvalue weighted by molar-refractivity contribution is 5.61. The maximum absolute atomic E-state index is 5.74. The summed E-state index contributed by atoms with van der Waals surface area (Å²) in [6, 6.07) is 5.47. The number of ether oxygens (including phenoxy) is 2. The molecule has 0 saturated carbocycles. The summed E-state index contributed by atoms with van der Waals surface area (Å²) in [5.41, 5.74) is 6.53. The average Bonchev–Trinajstić information content (AvgIpc) is 2.46. The van der Waals surface area contributed by atoms with Gasteiger partial charge in [-0.05, 0) is 18.6 Å². The summed E-state index contributed by atoms with van der Waals surface area (Å²) < 4.78 is 10.5. The molecule has 0 aliphatic heterocycles. The van der Waals surface area contributed by atoms with Gasteiger partial charge < -0.3 is 15.2 Å². The number of benzene rings is 1. The lowest BCUT2D eigenvalue weighted by Crippen LogP contribution is -2.05. The Bertz CT molecular complexity index is 579. The summed E-state index contributed by atoms with van der Waals surface area (Å²) in [6.07, 6.45) is 1.71. The van der Waals surface area contributed by atoms with Crippen molar-refractivity contribution < 1.29 is 9.47 Å². The molecule has 6 nitrogen and oxygen atoms in total. The van der Waals surface area contributed by atoms with Crippen LogP contribution < -0.4 is 15.2 Å². The van der Waals surface area contributed by atoms with E-state index in [1.54, 1.807) is 20.3 Å². The summed E-state index contributed by atoms with van der Waals surface area (Å²) >= 11 is 0. The fraction of sp³-hybridized carbons (Fsp3) is 0.357. The maximum Gasteiger partial charge on any atom is 0.223 e. The van der Waals surface area contributed by atoms with Gasteiger partial charge in [0.1, 0.15) is 17.3 Å². The van der Waals surface area contributed by atoms with Crippen molar-refractivity contribution in [2.75, 3.05) is 20.0 Å². The number of hydrogen-bond donors (Lipinski definition) is 1. The Balaban J connectivity index is 2.49. The molecular weight excluding hydrogens is 256 g/mol. The summed E-state index contributed by atoms with van der Waals surface area (Å²) in [4.78, 5) is 12.7. The van der Waals surface area contributed by atoms with Gasteiger partial charge in [0.15, 0.2) is 5.82 Å². The zero-order valence-electron chi connectivity index (χ0n) is 11.9. The van der Waals surface area contributed by atoms with Crippen LogP contribution in [0.1, 0.15) is 19.2 Å². The van der Waals surface area contributed by atoms with Crippen molar-refractivity contribution in [1.82, 2.24) is 15.0 Å². The lowest BCUT2D eigenvalue weighted by molar-refractivity contribution is 0.394. The fourth-order valence-corrected chi connectivity index (χ4v) is 1.84. The Kier molecular flexibility index (Phi) is 4.34. The van der Waals surface area contributed by atoms with E-state index in [-0.39, 0.29) is 5.95 Å². The zero-order valence-corrected chi connectivity index (χ0v) is 11.9. The highest BCUT2D eigenvalue weighted by Gasteiger charge is 2.10. The van der Waals surface area contributed by atoms with Gasteiger partial charge in [-0.25, -0.2) is 4.98 Å². The quantitative estimate of drug-likeness (QED) is 0.898. The molecule has 0 saturated heterocycles. The Labute approximate surface area is 118 Å². The van der Waals surface area contributed by atoms with Crippen LogP contribution in [0.25, 0.3) is 11.4 Å². The van der Waals surface area contributed by atoms with Crippen molar-refractivity contribution in [3.05, 3.63) is 24.0 Å². The van der Waals surface area contributed by atoms with Gasteiger partial charge in [-0.1, -0.05) is 6.92 Å². The molecule has 0 aliphatic carbocycles. The molecule has 2 aromatic rings. The van der Waals surface area contributed by atoms with Crippen LogP contribution in [-0.2, 0) is 6.42 Å². The first-order valence-electron chi connectivity index (χ1n) is 6.40. The number of aromatic nitrogens is 3. The third-order valence-electron chi connectivity index (χ3n) is 2.78. The number of nitrogen functional groups attached to an aromatic ring is 1. The van der Waals surface area contributed by atoms with Crippen molar-refractivity contribution in [2.45, 2.75) is 19.8 Å². The minimum absolute atomic E-state index is 0.222. The molecule has 1 heterocycles. The second-order valence-corrected chi connectivity index (χ2v) is 4.28. The molecule has 0 atom stereocenters. The van der Waals surface area contributed by atoms with Crippen LogP contribution in [0, 0.1) is 0 Å². The van der Waals surface area contributed by atoms with Crippen molar-refractivity contribution in [3.8, 4) is 22.9 Å². The normalized spacial score (nSPS) is 10.3. The molecule has 1 aromatic carbocycles. The molecule has 2 N–H and O–H groups in total. The van der Waals surface area contributed by atoms with E-state index in [2.05, 4.69) is 21.9 Å². The van der Waals surface area contributed by atoms with Crippen LogP contribution >= 0.6 is 0 Å². The van der Waals surface area contributed by atoms with Gasteiger partial charge >= 0.3 is 0 Å². The smallest absolute Gasteiger partial charge is 0.223 e. The van der Waals surface area contributed by atoms with Crippen LogP contribution in [0.5, 0.6) is 11.5 Å². The van der Waals surface area contributed by atoms with Gasteiger partial charge in [-0.2, -0.15) is 9.97 Å². The van der Waals surface area contributed by atoms with Gasteiger partial charge in [0, 0.05) is 18.1 Å². The molecule has 20 heavy (non-hydrogen) atoms. The fourth-order valence-electron chi connectivity index (χ4n) is 1.84. The number of methoxy groups -OCH3 is 2. The molecular formula is C14H18N4O2. The van der Waals surface area contributed by atoms with E-state index in [1.807, 2.05) is 12.1 Å². The molecule has 0 amide bonds. The summed E-state index contributed by atoms with van der Waals surface area (Å²) in [5, 5.41) is 0. The molecule has 106 valence electrons. The average molecular weight is 274 g/mol. The predicted molar refractivity (Wildman–Crippen MR) is 76.8 cm³/mol. The van der Waals surface area contributed by atoms with Gasteiger partial charge in [0.2, 0.25) is 5.95 Å². The highest BCUT2D eigenvalue weighted by Crippen LogP contribution is 2.28. The first-order chi connectivity index (χ1) is 9.66. The van der Waals surface area contributed by atoms with Crippen molar-refractivity contribution in [1.29, 1.82) is 0 Å². The largest absolute Gasteiger partial charge is 0.497 e. The van der Waals surface area contributed by atoms with Crippen LogP contribution in [0.2, 0.25) is 0 Å². The Morgan fingerprint density at radius 2 is 1.65 bits per heavy atom. The van der Waals surface area contributed by atoms with Crippen molar-refractivity contribution >= 4 is 5.95 Å². The van der Waals surface area contributed by atoms with E-state index in [4.69, 9.17) is 15.2 Å². The van der Waals surface area contributed by atoms with Gasteiger partial charge in [-0.15, -0.1) is 0 Å². The third kappa shape index (κ3) is 3.14. The van der Waals surface area contributed by atoms with Gasteiger partial charge in [0.05, 0.1) is 14.2 Å². The molecule has 2 rings (SSSR count). The highest BCUT2D eigenvalue weighted by atomic mass is 16.5. The van der Waals surface area contributed by atoms with E-state index in [1.165, 1.54) is 0 Å². The van der Waals surface area contributed by atoms with E-state index < -0.39 is 0 Å². The first kappa shape index (κ1) is 14.0. The number of aryl methyl sites for hydroxylation is 1. The number of hydrogen-bond acceptors (Lipinski definition) is 6.